The summed E-state index contributed by atoms with van der Waals surface area (Å²) in [4.78, 5) is 35.8. The molecular weight excluding hydrogens is 346 g/mol. The van der Waals surface area contributed by atoms with Crippen molar-refractivity contribution in [3.05, 3.63) is 75.6 Å². The van der Waals surface area contributed by atoms with Crippen LogP contribution in [0.5, 0.6) is 0 Å². The van der Waals surface area contributed by atoms with E-state index in [1.165, 1.54) is 0 Å². The van der Waals surface area contributed by atoms with Crippen molar-refractivity contribution in [1.29, 1.82) is 0 Å². The van der Waals surface area contributed by atoms with Gasteiger partial charge in [0.1, 0.15) is 5.58 Å². The van der Waals surface area contributed by atoms with E-state index >= 15 is 0 Å². The van der Waals surface area contributed by atoms with Crippen LogP contribution < -0.4 is 10.7 Å². The number of halogens is 1. The van der Waals surface area contributed by atoms with E-state index in [4.69, 9.17) is 20.8 Å². The number of para-hydroxylation sites is 2. The zero-order chi connectivity index (χ0) is 17.8. The van der Waals surface area contributed by atoms with Crippen LogP contribution in [0.2, 0.25) is 5.02 Å². The maximum absolute atomic E-state index is 12.0. The number of anilines is 1. The summed E-state index contributed by atoms with van der Waals surface area (Å²) in [6.07, 6.45) is 0. The minimum absolute atomic E-state index is 0.266. The predicted molar refractivity (Wildman–Crippen MR) is 92.8 cm³/mol. The molecule has 0 fully saturated rings. The van der Waals surface area contributed by atoms with E-state index in [0.717, 1.165) is 6.07 Å². The van der Waals surface area contributed by atoms with Gasteiger partial charge in [0.05, 0.1) is 16.1 Å². The molecule has 1 aromatic heterocycles. The number of amides is 1. The fraction of sp³-hybridized carbons (Fsp3) is 0.0556. The van der Waals surface area contributed by atoms with E-state index in [-0.39, 0.29) is 16.8 Å². The van der Waals surface area contributed by atoms with Crippen LogP contribution in [0.15, 0.2) is 63.8 Å². The summed E-state index contributed by atoms with van der Waals surface area (Å²) in [7, 11) is 0. The predicted octanol–water partition coefficient (Wildman–Crippen LogP) is 3.24. The SMILES string of the molecule is O=C(COC(=O)c1cc(=O)c2ccccc2o1)Nc1ccccc1Cl. The molecule has 0 spiro atoms. The number of carbonyl (C=O) groups excluding carboxylic acids is 2. The van der Waals surface area contributed by atoms with Crippen molar-refractivity contribution in [3.8, 4) is 0 Å². The summed E-state index contributed by atoms with van der Waals surface area (Å²) in [5.41, 5.74) is 0.305. The van der Waals surface area contributed by atoms with Crippen LogP contribution in [0.25, 0.3) is 11.0 Å². The second-order valence-corrected chi connectivity index (χ2v) is 5.48. The van der Waals surface area contributed by atoms with Gasteiger partial charge in [-0.1, -0.05) is 35.9 Å². The molecule has 6 nitrogen and oxygen atoms in total. The molecule has 0 saturated heterocycles. The third-order valence-electron chi connectivity index (χ3n) is 3.32. The van der Waals surface area contributed by atoms with Crippen LogP contribution >= 0.6 is 11.6 Å². The van der Waals surface area contributed by atoms with E-state index in [0.29, 0.717) is 16.1 Å². The van der Waals surface area contributed by atoms with Gasteiger partial charge in [-0.3, -0.25) is 9.59 Å². The Labute approximate surface area is 147 Å². The molecule has 25 heavy (non-hydrogen) atoms. The molecule has 0 aliphatic rings. The molecule has 0 unspecified atom stereocenters. The second-order valence-electron chi connectivity index (χ2n) is 5.08. The molecule has 0 radical (unpaired) electrons. The summed E-state index contributed by atoms with van der Waals surface area (Å²) in [5, 5.41) is 3.24. The lowest BCUT2D eigenvalue weighted by Crippen LogP contribution is -2.21. The zero-order valence-corrected chi connectivity index (χ0v) is 13.6. The van der Waals surface area contributed by atoms with Gasteiger partial charge in [0.2, 0.25) is 5.76 Å². The van der Waals surface area contributed by atoms with Crippen molar-refractivity contribution in [2.75, 3.05) is 11.9 Å². The molecule has 0 aliphatic heterocycles. The number of carbonyl (C=O) groups is 2. The Morgan fingerprint density at radius 3 is 2.60 bits per heavy atom. The molecule has 1 N–H and O–H groups in total. The van der Waals surface area contributed by atoms with E-state index in [1.807, 2.05) is 0 Å². The largest absolute Gasteiger partial charge is 0.450 e. The summed E-state index contributed by atoms with van der Waals surface area (Å²) < 4.78 is 10.2. The van der Waals surface area contributed by atoms with Crippen molar-refractivity contribution < 1.29 is 18.7 Å². The average molecular weight is 358 g/mol. The molecule has 3 aromatic rings. The van der Waals surface area contributed by atoms with Crippen LogP contribution in [0.3, 0.4) is 0 Å². The molecule has 3 rings (SSSR count). The lowest BCUT2D eigenvalue weighted by Gasteiger charge is -2.07. The fourth-order valence-corrected chi connectivity index (χ4v) is 2.34. The van der Waals surface area contributed by atoms with Crippen LogP contribution in [-0.4, -0.2) is 18.5 Å². The molecular formula is C18H12ClNO5. The Bertz CT molecular complexity index is 1010. The molecule has 0 atom stereocenters. The fourth-order valence-electron chi connectivity index (χ4n) is 2.16. The third-order valence-corrected chi connectivity index (χ3v) is 3.65. The van der Waals surface area contributed by atoms with Crippen molar-refractivity contribution in [2.24, 2.45) is 0 Å². The standard InChI is InChI=1S/C18H12ClNO5/c19-12-6-2-3-7-13(12)20-17(22)10-24-18(23)16-9-14(21)11-5-1-4-8-15(11)25-16/h1-9H,10H2,(H,20,22). The lowest BCUT2D eigenvalue weighted by atomic mass is 10.2. The first-order valence-electron chi connectivity index (χ1n) is 7.29. The number of fused-ring (bicyclic) bond motifs is 1. The Balaban J connectivity index is 1.67. The summed E-state index contributed by atoms with van der Waals surface area (Å²) in [6.45, 7) is -0.541. The van der Waals surface area contributed by atoms with Gasteiger partial charge >= 0.3 is 5.97 Å². The van der Waals surface area contributed by atoms with Crippen LogP contribution in [0.4, 0.5) is 5.69 Å². The van der Waals surface area contributed by atoms with E-state index < -0.39 is 18.5 Å². The number of benzene rings is 2. The minimum Gasteiger partial charge on any atom is -0.450 e. The molecule has 2 aromatic carbocycles. The van der Waals surface area contributed by atoms with Gasteiger partial charge in [0.25, 0.3) is 5.91 Å². The number of rotatable bonds is 4. The maximum Gasteiger partial charge on any atom is 0.374 e. The van der Waals surface area contributed by atoms with E-state index in [9.17, 15) is 14.4 Å². The quantitative estimate of drug-likeness (QED) is 0.724. The highest BCUT2D eigenvalue weighted by Crippen LogP contribution is 2.20. The topological polar surface area (TPSA) is 85.6 Å². The van der Waals surface area contributed by atoms with Gasteiger partial charge in [-0.15, -0.1) is 0 Å². The van der Waals surface area contributed by atoms with Gasteiger partial charge in [-0.2, -0.15) is 0 Å². The lowest BCUT2D eigenvalue weighted by molar-refractivity contribution is -0.119. The molecule has 1 amide bonds. The molecule has 0 bridgehead atoms. The zero-order valence-electron chi connectivity index (χ0n) is 12.8. The van der Waals surface area contributed by atoms with E-state index in [2.05, 4.69) is 5.32 Å². The summed E-state index contributed by atoms with van der Waals surface area (Å²) in [5.74, 6) is -1.74. The van der Waals surface area contributed by atoms with Gasteiger partial charge in [0, 0.05) is 6.07 Å². The Kier molecular flexibility index (Phi) is 4.81. The van der Waals surface area contributed by atoms with Gasteiger partial charge in [-0.05, 0) is 24.3 Å². The number of esters is 1. The van der Waals surface area contributed by atoms with Crippen molar-refractivity contribution in [1.82, 2.24) is 0 Å². The van der Waals surface area contributed by atoms with Crippen molar-refractivity contribution in [2.45, 2.75) is 0 Å². The Morgan fingerprint density at radius 2 is 1.80 bits per heavy atom. The van der Waals surface area contributed by atoms with Gasteiger partial charge in [0.15, 0.2) is 12.0 Å². The molecule has 126 valence electrons. The summed E-state index contributed by atoms with van der Waals surface area (Å²) in [6, 6.07) is 14.2. The number of nitrogens with one attached hydrogen (secondary N) is 1. The first-order valence-corrected chi connectivity index (χ1v) is 7.67. The van der Waals surface area contributed by atoms with Gasteiger partial charge < -0.3 is 14.5 Å². The van der Waals surface area contributed by atoms with Crippen LogP contribution in [0, 0.1) is 0 Å². The molecule has 1 heterocycles. The molecule has 0 aliphatic carbocycles. The Morgan fingerprint density at radius 1 is 1.08 bits per heavy atom. The number of ether oxygens (including phenoxy) is 1. The first kappa shape index (κ1) is 16.7. The Hall–Kier alpha value is -3.12. The van der Waals surface area contributed by atoms with Crippen LogP contribution in [-0.2, 0) is 9.53 Å². The highest BCUT2D eigenvalue weighted by Gasteiger charge is 2.15. The number of hydrogen-bond donors (Lipinski definition) is 1. The van der Waals surface area contributed by atoms with E-state index in [1.54, 1.807) is 48.5 Å². The number of hydrogen-bond acceptors (Lipinski definition) is 5. The maximum atomic E-state index is 12.0. The minimum atomic E-state index is -0.905. The highest BCUT2D eigenvalue weighted by atomic mass is 35.5. The first-order chi connectivity index (χ1) is 12.0. The van der Waals surface area contributed by atoms with Crippen LogP contribution in [0.1, 0.15) is 10.6 Å². The monoisotopic (exact) mass is 357 g/mol. The summed E-state index contributed by atoms with van der Waals surface area (Å²) >= 11 is 5.93. The van der Waals surface area contributed by atoms with Crippen molar-refractivity contribution >= 4 is 40.1 Å². The smallest absolute Gasteiger partial charge is 0.374 e. The molecule has 7 heteroatoms. The average Bonchev–Trinajstić information content (AvgIpc) is 2.61. The molecule has 0 saturated carbocycles. The van der Waals surface area contributed by atoms with Gasteiger partial charge in [-0.25, -0.2) is 4.79 Å². The van der Waals surface area contributed by atoms with Crippen molar-refractivity contribution in [3.63, 3.8) is 0 Å². The normalized spacial score (nSPS) is 10.4. The third kappa shape index (κ3) is 3.87. The second kappa shape index (κ2) is 7.19. The highest BCUT2D eigenvalue weighted by molar-refractivity contribution is 6.33.